The first-order valence-electron chi connectivity index (χ1n) is 8.08. The molecule has 0 saturated carbocycles. The maximum atomic E-state index is 13.3. The Hall–Kier alpha value is -3.14. The molecule has 0 aromatic heterocycles. The highest BCUT2D eigenvalue weighted by atomic mass is 19.1. The first-order chi connectivity index (χ1) is 12.1. The van der Waals surface area contributed by atoms with E-state index in [1.807, 2.05) is 49.4 Å². The van der Waals surface area contributed by atoms with E-state index in [9.17, 15) is 9.18 Å². The van der Waals surface area contributed by atoms with E-state index in [1.54, 1.807) is 18.2 Å². The number of anilines is 2. The van der Waals surface area contributed by atoms with Gasteiger partial charge in [-0.25, -0.2) is 4.39 Å². The third-order valence-corrected chi connectivity index (χ3v) is 3.99. The van der Waals surface area contributed by atoms with Gasteiger partial charge in [0.1, 0.15) is 5.82 Å². The van der Waals surface area contributed by atoms with Crippen LogP contribution in [0.15, 0.2) is 72.8 Å². The molecular weight excluding hydrogens is 315 g/mol. The first kappa shape index (κ1) is 16.7. The van der Waals surface area contributed by atoms with E-state index < -0.39 is 0 Å². The Morgan fingerprint density at radius 1 is 0.920 bits per heavy atom. The standard InChI is InChI=1S/C21H19FN2O/c1-15-19(23-14-16-7-5-10-18(22)13-16)11-6-12-20(15)24-21(25)17-8-3-2-4-9-17/h2-13,23H,14H2,1H3,(H,24,25). The van der Waals surface area contributed by atoms with Crippen molar-refractivity contribution in [3.8, 4) is 0 Å². The van der Waals surface area contributed by atoms with Crippen LogP contribution < -0.4 is 10.6 Å². The van der Waals surface area contributed by atoms with Crippen molar-refractivity contribution < 1.29 is 9.18 Å². The molecule has 25 heavy (non-hydrogen) atoms. The molecule has 4 heteroatoms. The Balaban J connectivity index is 1.72. The zero-order chi connectivity index (χ0) is 17.6. The molecule has 0 bridgehead atoms. The van der Waals surface area contributed by atoms with Gasteiger partial charge in [0.15, 0.2) is 0 Å². The molecule has 0 spiro atoms. The van der Waals surface area contributed by atoms with Crippen LogP contribution in [0, 0.1) is 12.7 Å². The van der Waals surface area contributed by atoms with Crippen molar-refractivity contribution in [2.45, 2.75) is 13.5 Å². The summed E-state index contributed by atoms with van der Waals surface area (Å²) in [5, 5.41) is 6.23. The lowest BCUT2D eigenvalue weighted by Crippen LogP contribution is -2.13. The summed E-state index contributed by atoms with van der Waals surface area (Å²) in [5.41, 5.74) is 4.05. The van der Waals surface area contributed by atoms with Gasteiger partial charge in [-0.3, -0.25) is 4.79 Å². The summed E-state index contributed by atoms with van der Waals surface area (Å²) in [6.45, 7) is 2.45. The van der Waals surface area contributed by atoms with Gasteiger partial charge >= 0.3 is 0 Å². The van der Waals surface area contributed by atoms with Crippen molar-refractivity contribution in [3.63, 3.8) is 0 Å². The molecule has 0 aliphatic heterocycles. The molecule has 0 unspecified atom stereocenters. The quantitative estimate of drug-likeness (QED) is 0.689. The van der Waals surface area contributed by atoms with Gasteiger partial charge in [-0.15, -0.1) is 0 Å². The van der Waals surface area contributed by atoms with E-state index in [-0.39, 0.29) is 11.7 Å². The third kappa shape index (κ3) is 4.23. The minimum atomic E-state index is -0.250. The van der Waals surface area contributed by atoms with Crippen molar-refractivity contribution in [1.29, 1.82) is 0 Å². The number of hydrogen-bond acceptors (Lipinski definition) is 2. The van der Waals surface area contributed by atoms with Gasteiger partial charge < -0.3 is 10.6 Å². The van der Waals surface area contributed by atoms with Crippen LogP contribution in [-0.2, 0) is 6.54 Å². The fourth-order valence-corrected chi connectivity index (χ4v) is 2.59. The minimum Gasteiger partial charge on any atom is -0.381 e. The Morgan fingerprint density at radius 3 is 2.40 bits per heavy atom. The van der Waals surface area contributed by atoms with E-state index in [4.69, 9.17) is 0 Å². The van der Waals surface area contributed by atoms with E-state index in [2.05, 4.69) is 10.6 Å². The predicted molar refractivity (Wildman–Crippen MR) is 99.3 cm³/mol. The molecular formula is C21H19FN2O. The van der Waals surface area contributed by atoms with Gasteiger partial charge in [-0.1, -0.05) is 36.4 Å². The Bertz CT molecular complexity index is 878. The summed E-state index contributed by atoms with van der Waals surface area (Å²) in [5.74, 6) is -0.397. The lowest BCUT2D eigenvalue weighted by molar-refractivity contribution is 0.102. The lowest BCUT2D eigenvalue weighted by Gasteiger charge is -2.14. The van der Waals surface area contributed by atoms with Gasteiger partial charge in [0.05, 0.1) is 0 Å². The molecule has 3 aromatic rings. The molecule has 0 aliphatic carbocycles. The lowest BCUT2D eigenvalue weighted by atomic mass is 10.1. The SMILES string of the molecule is Cc1c(NCc2cccc(F)c2)cccc1NC(=O)c1ccccc1. The summed E-state index contributed by atoms with van der Waals surface area (Å²) in [6, 6.07) is 21.3. The number of halogens is 1. The highest BCUT2D eigenvalue weighted by molar-refractivity contribution is 6.04. The smallest absolute Gasteiger partial charge is 0.255 e. The highest BCUT2D eigenvalue weighted by Crippen LogP contribution is 2.24. The molecule has 0 heterocycles. The summed E-state index contributed by atoms with van der Waals surface area (Å²) >= 11 is 0. The Kier molecular flexibility index (Phi) is 5.09. The van der Waals surface area contributed by atoms with Crippen LogP contribution >= 0.6 is 0 Å². The first-order valence-corrected chi connectivity index (χ1v) is 8.08. The molecule has 0 radical (unpaired) electrons. The maximum absolute atomic E-state index is 13.3. The average molecular weight is 334 g/mol. The molecule has 3 rings (SSSR count). The van der Waals surface area contributed by atoms with Crippen LogP contribution in [0.4, 0.5) is 15.8 Å². The third-order valence-electron chi connectivity index (χ3n) is 3.99. The molecule has 126 valence electrons. The van der Waals surface area contributed by atoms with Gasteiger partial charge in [0.25, 0.3) is 5.91 Å². The van der Waals surface area contributed by atoms with Crippen LogP contribution in [0.2, 0.25) is 0 Å². The van der Waals surface area contributed by atoms with Gasteiger partial charge in [0, 0.05) is 23.5 Å². The summed E-state index contributed by atoms with van der Waals surface area (Å²) in [7, 11) is 0. The number of nitrogens with one attached hydrogen (secondary N) is 2. The van der Waals surface area contributed by atoms with Crippen molar-refractivity contribution in [2.75, 3.05) is 10.6 Å². The second-order valence-electron chi connectivity index (χ2n) is 5.78. The zero-order valence-corrected chi connectivity index (χ0v) is 13.9. The molecule has 0 saturated heterocycles. The normalized spacial score (nSPS) is 10.3. The van der Waals surface area contributed by atoms with E-state index in [1.165, 1.54) is 12.1 Å². The maximum Gasteiger partial charge on any atom is 0.255 e. The molecule has 2 N–H and O–H groups in total. The van der Waals surface area contributed by atoms with Crippen molar-refractivity contribution in [1.82, 2.24) is 0 Å². The summed E-state index contributed by atoms with van der Waals surface area (Å²) in [6.07, 6.45) is 0. The molecule has 3 nitrogen and oxygen atoms in total. The van der Waals surface area contributed by atoms with Gasteiger partial charge in [-0.2, -0.15) is 0 Å². The number of amides is 1. The van der Waals surface area contributed by atoms with E-state index in [0.29, 0.717) is 12.1 Å². The topological polar surface area (TPSA) is 41.1 Å². The second kappa shape index (κ2) is 7.62. The number of hydrogen-bond donors (Lipinski definition) is 2. The molecule has 0 atom stereocenters. The van der Waals surface area contributed by atoms with Crippen LogP contribution in [-0.4, -0.2) is 5.91 Å². The summed E-state index contributed by atoms with van der Waals surface area (Å²) in [4.78, 5) is 12.3. The second-order valence-corrected chi connectivity index (χ2v) is 5.78. The average Bonchev–Trinajstić information content (AvgIpc) is 2.63. The van der Waals surface area contributed by atoms with Crippen molar-refractivity contribution in [3.05, 3.63) is 95.3 Å². The zero-order valence-electron chi connectivity index (χ0n) is 13.9. The predicted octanol–water partition coefficient (Wildman–Crippen LogP) is 5.00. The largest absolute Gasteiger partial charge is 0.381 e. The molecule has 1 amide bonds. The molecule has 0 fully saturated rings. The molecule has 3 aromatic carbocycles. The Morgan fingerprint density at radius 2 is 1.64 bits per heavy atom. The fourth-order valence-electron chi connectivity index (χ4n) is 2.59. The number of carbonyl (C=O) groups excluding carboxylic acids is 1. The number of carbonyl (C=O) groups is 1. The minimum absolute atomic E-state index is 0.147. The molecule has 0 aliphatic rings. The fraction of sp³-hybridized carbons (Fsp3) is 0.0952. The Labute approximate surface area is 146 Å². The van der Waals surface area contributed by atoms with Crippen LogP contribution in [0.3, 0.4) is 0 Å². The van der Waals surface area contributed by atoms with Crippen LogP contribution in [0.25, 0.3) is 0 Å². The van der Waals surface area contributed by atoms with Crippen molar-refractivity contribution in [2.24, 2.45) is 0 Å². The van der Waals surface area contributed by atoms with Gasteiger partial charge in [-0.05, 0) is 54.4 Å². The van der Waals surface area contributed by atoms with Crippen molar-refractivity contribution >= 4 is 17.3 Å². The highest BCUT2D eigenvalue weighted by Gasteiger charge is 2.09. The number of benzene rings is 3. The van der Waals surface area contributed by atoms with Crippen LogP contribution in [0.5, 0.6) is 0 Å². The van der Waals surface area contributed by atoms with Crippen LogP contribution in [0.1, 0.15) is 21.5 Å². The monoisotopic (exact) mass is 334 g/mol. The van der Waals surface area contributed by atoms with E-state index >= 15 is 0 Å². The van der Waals surface area contributed by atoms with Gasteiger partial charge in [0.2, 0.25) is 0 Å². The number of rotatable bonds is 5. The summed E-state index contributed by atoms with van der Waals surface area (Å²) < 4.78 is 13.3. The van der Waals surface area contributed by atoms with E-state index in [0.717, 1.165) is 22.5 Å².